The molecule has 0 spiro atoms. The summed E-state index contributed by atoms with van der Waals surface area (Å²) in [7, 11) is 0. The van der Waals surface area contributed by atoms with Crippen molar-refractivity contribution < 1.29 is 43.2 Å². The quantitative estimate of drug-likeness (QED) is 0.0783. The van der Waals surface area contributed by atoms with Gasteiger partial charge in [0.05, 0.1) is 13.0 Å². The van der Waals surface area contributed by atoms with E-state index in [0.29, 0.717) is 0 Å². The van der Waals surface area contributed by atoms with Crippen LogP contribution >= 0.6 is 0 Å². The van der Waals surface area contributed by atoms with Crippen LogP contribution in [-0.4, -0.2) is 66.9 Å². The third-order valence-corrected chi connectivity index (χ3v) is 8.73. The first-order chi connectivity index (χ1) is 23.8. The topological polar surface area (TPSA) is 166 Å². The molecule has 1 aliphatic heterocycles. The SMILES string of the molecule is CC(=O)CCC(=O)OC[C@H]1O[C@@H](O)[C@H](N=[N+]=[N-])[C@@H](OCc2ccc3ccccc3c2)[C@@H]1OC(=O)OCC1c2ccccc2-c2ccccc21. The number of rotatable bonds is 12. The number of fused-ring (bicyclic) bond motifs is 4. The number of Topliss-reactive ketones (excluding diaryl/α,β-unsaturated/α-hetero) is 1. The van der Waals surface area contributed by atoms with Crippen molar-refractivity contribution >= 4 is 28.7 Å². The maximum atomic E-state index is 13.4. The van der Waals surface area contributed by atoms with Gasteiger partial charge in [-0.3, -0.25) is 4.79 Å². The lowest BCUT2D eigenvalue weighted by molar-refractivity contribution is -0.262. The number of aliphatic hydroxyl groups excluding tert-OH is 1. The van der Waals surface area contributed by atoms with Gasteiger partial charge in [-0.25, -0.2) is 4.79 Å². The van der Waals surface area contributed by atoms with Gasteiger partial charge in [0, 0.05) is 17.3 Å². The van der Waals surface area contributed by atoms with E-state index in [1.54, 1.807) is 0 Å². The minimum atomic E-state index is -1.68. The fraction of sp³-hybridized carbons (Fsp3) is 0.324. The molecule has 0 bridgehead atoms. The molecule has 0 aromatic heterocycles. The van der Waals surface area contributed by atoms with E-state index in [4.69, 9.17) is 23.7 Å². The van der Waals surface area contributed by atoms with Crippen molar-refractivity contribution in [3.63, 3.8) is 0 Å². The first-order valence-electron chi connectivity index (χ1n) is 16.0. The Bertz CT molecular complexity index is 1850. The average molecular weight is 666 g/mol. The van der Waals surface area contributed by atoms with Crippen LogP contribution in [0.2, 0.25) is 0 Å². The number of aliphatic hydroxyl groups is 1. The molecule has 1 saturated heterocycles. The normalized spacial score (nSPS) is 21.2. The monoisotopic (exact) mass is 665 g/mol. The largest absolute Gasteiger partial charge is 0.508 e. The van der Waals surface area contributed by atoms with Crippen LogP contribution in [0.15, 0.2) is 96.1 Å². The molecule has 12 nitrogen and oxygen atoms in total. The van der Waals surface area contributed by atoms with Crippen molar-refractivity contribution in [2.24, 2.45) is 5.11 Å². The third kappa shape index (κ3) is 7.74. The second-order valence-electron chi connectivity index (χ2n) is 12.0. The van der Waals surface area contributed by atoms with Gasteiger partial charge in [0.2, 0.25) is 0 Å². The number of esters is 1. The summed E-state index contributed by atoms with van der Waals surface area (Å²) >= 11 is 0. The van der Waals surface area contributed by atoms with Crippen LogP contribution in [0, 0.1) is 0 Å². The Labute approximate surface area is 282 Å². The molecule has 1 fully saturated rings. The van der Waals surface area contributed by atoms with Gasteiger partial charge in [-0.15, -0.1) is 0 Å². The predicted octanol–water partition coefficient (Wildman–Crippen LogP) is 6.37. The molecular formula is C37H35N3O9. The van der Waals surface area contributed by atoms with Crippen molar-refractivity contribution in [1.29, 1.82) is 0 Å². The van der Waals surface area contributed by atoms with E-state index in [9.17, 15) is 25.0 Å². The molecule has 1 N–H and O–H groups in total. The predicted molar refractivity (Wildman–Crippen MR) is 177 cm³/mol. The zero-order chi connectivity index (χ0) is 34.3. The summed E-state index contributed by atoms with van der Waals surface area (Å²) in [6, 6.07) is 28.0. The lowest BCUT2D eigenvalue weighted by Crippen LogP contribution is -2.60. The minimum absolute atomic E-state index is 0.00462. The Balaban J connectivity index is 1.22. The summed E-state index contributed by atoms with van der Waals surface area (Å²) < 4.78 is 28.8. The highest BCUT2D eigenvalue weighted by Crippen LogP contribution is 2.44. The highest BCUT2D eigenvalue weighted by atomic mass is 16.7. The molecule has 4 aromatic rings. The number of ketones is 1. The highest BCUT2D eigenvalue weighted by molar-refractivity contribution is 5.83. The van der Waals surface area contributed by atoms with E-state index in [0.717, 1.165) is 38.6 Å². The maximum Gasteiger partial charge on any atom is 0.508 e. The smallest absolute Gasteiger partial charge is 0.463 e. The van der Waals surface area contributed by atoms with Crippen LogP contribution in [0.25, 0.3) is 32.3 Å². The first-order valence-corrected chi connectivity index (χ1v) is 16.0. The van der Waals surface area contributed by atoms with E-state index < -0.39 is 49.4 Å². The van der Waals surface area contributed by atoms with Crippen LogP contribution in [0.5, 0.6) is 0 Å². The fourth-order valence-corrected chi connectivity index (χ4v) is 6.34. The highest BCUT2D eigenvalue weighted by Gasteiger charge is 2.49. The Hall–Kier alpha value is -5.26. The molecule has 4 aromatic carbocycles. The molecule has 0 unspecified atom stereocenters. The molecular weight excluding hydrogens is 630 g/mol. The summed E-state index contributed by atoms with van der Waals surface area (Å²) in [5.41, 5.74) is 14.2. The van der Waals surface area contributed by atoms with Gasteiger partial charge in [-0.2, -0.15) is 0 Å². The summed E-state index contributed by atoms with van der Waals surface area (Å²) in [6.45, 7) is 0.874. The van der Waals surface area contributed by atoms with Gasteiger partial charge in [0.25, 0.3) is 0 Å². The van der Waals surface area contributed by atoms with Gasteiger partial charge in [0.1, 0.15) is 37.2 Å². The van der Waals surface area contributed by atoms with Crippen LogP contribution in [0.3, 0.4) is 0 Å². The van der Waals surface area contributed by atoms with E-state index >= 15 is 0 Å². The molecule has 12 heteroatoms. The molecule has 0 radical (unpaired) electrons. The summed E-state index contributed by atoms with van der Waals surface area (Å²) in [5, 5.41) is 16.6. The molecule has 6 rings (SSSR count). The van der Waals surface area contributed by atoms with E-state index in [-0.39, 0.29) is 37.8 Å². The summed E-state index contributed by atoms with van der Waals surface area (Å²) in [5.74, 6) is -1.10. The molecule has 1 aliphatic carbocycles. The Morgan fingerprint density at radius 2 is 1.51 bits per heavy atom. The third-order valence-electron chi connectivity index (χ3n) is 8.73. The number of hydrogen-bond acceptors (Lipinski definition) is 10. The Kier molecular flexibility index (Phi) is 10.5. The van der Waals surface area contributed by atoms with Gasteiger partial charge >= 0.3 is 12.1 Å². The Morgan fingerprint density at radius 1 is 0.837 bits per heavy atom. The van der Waals surface area contributed by atoms with Crippen molar-refractivity contribution in [3.8, 4) is 11.1 Å². The lowest BCUT2D eigenvalue weighted by Gasteiger charge is -2.42. The van der Waals surface area contributed by atoms with Crippen LogP contribution < -0.4 is 0 Å². The number of nitrogens with zero attached hydrogens (tertiary/aromatic N) is 3. The summed E-state index contributed by atoms with van der Waals surface area (Å²) in [4.78, 5) is 40.0. The van der Waals surface area contributed by atoms with E-state index in [1.165, 1.54) is 6.92 Å². The second-order valence-corrected chi connectivity index (χ2v) is 12.0. The molecule has 0 saturated carbocycles. The zero-order valence-corrected chi connectivity index (χ0v) is 26.7. The lowest BCUT2D eigenvalue weighted by atomic mass is 9.97. The Morgan fingerprint density at radius 3 is 2.20 bits per heavy atom. The minimum Gasteiger partial charge on any atom is -0.463 e. The number of ether oxygens (including phenoxy) is 5. The number of azide groups is 1. The first kappa shape index (κ1) is 33.6. The number of benzene rings is 4. The fourth-order valence-electron chi connectivity index (χ4n) is 6.34. The molecule has 5 atom stereocenters. The van der Waals surface area contributed by atoms with Gasteiger partial charge < -0.3 is 33.6 Å². The van der Waals surface area contributed by atoms with Crippen molar-refractivity contribution in [2.45, 2.75) is 62.9 Å². The van der Waals surface area contributed by atoms with Crippen molar-refractivity contribution in [1.82, 2.24) is 0 Å². The number of hydrogen-bond donors (Lipinski definition) is 1. The van der Waals surface area contributed by atoms with E-state index in [1.807, 2.05) is 91.0 Å². The van der Waals surface area contributed by atoms with Gasteiger partial charge in [-0.05, 0) is 57.1 Å². The molecule has 49 heavy (non-hydrogen) atoms. The van der Waals surface area contributed by atoms with Crippen LogP contribution in [0.1, 0.15) is 42.4 Å². The molecule has 0 amide bonds. The standard InChI is InChI=1S/C37H35N3O9/c1-22(41)14-17-32(42)45-21-31-34(49-37(44)47-20-30-28-12-6-4-10-26(28)27-11-5-7-13-29(27)30)35(33(39-40-38)36(43)48-31)46-19-23-15-16-24-8-2-3-9-25(24)18-23/h2-13,15-16,18,30-31,33-36,43H,14,17,19-21H2,1H3/t31-,33-,34-,35-,36-/m1/s1. The molecule has 1 heterocycles. The van der Waals surface area contributed by atoms with Crippen molar-refractivity contribution in [3.05, 3.63) is 118 Å². The van der Waals surface area contributed by atoms with Crippen molar-refractivity contribution in [2.75, 3.05) is 13.2 Å². The maximum absolute atomic E-state index is 13.4. The summed E-state index contributed by atoms with van der Waals surface area (Å²) in [6.07, 6.45) is -6.71. The van der Waals surface area contributed by atoms with Gasteiger partial charge in [0.15, 0.2) is 12.4 Å². The second kappa shape index (κ2) is 15.3. The number of carbonyl (C=O) groups is 3. The van der Waals surface area contributed by atoms with Crippen LogP contribution in [-0.2, 0) is 39.9 Å². The van der Waals surface area contributed by atoms with Gasteiger partial charge in [-0.1, -0.05) is 90.0 Å². The molecule has 2 aliphatic rings. The average Bonchev–Trinajstić information content (AvgIpc) is 3.43. The number of carbonyl (C=O) groups excluding carboxylic acids is 3. The van der Waals surface area contributed by atoms with E-state index in [2.05, 4.69) is 10.0 Å². The van der Waals surface area contributed by atoms with Crippen LogP contribution in [0.4, 0.5) is 4.79 Å². The zero-order valence-electron chi connectivity index (χ0n) is 26.7. The molecule has 252 valence electrons.